The molecular formula is C31H48O7. The Balaban J connectivity index is 1.72. The zero-order chi connectivity index (χ0) is 27.2. The summed E-state index contributed by atoms with van der Waals surface area (Å²) < 4.78 is 24.6. The number of aliphatic carboxylic acids is 1. The first-order valence-electron chi connectivity index (χ1n) is 14.6. The molecule has 8 atom stereocenters. The highest BCUT2D eigenvalue weighted by atomic mass is 16.7. The zero-order valence-electron chi connectivity index (χ0n) is 23.3. The molecule has 2 saturated heterocycles. The van der Waals surface area contributed by atoms with Crippen molar-refractivity contribution in [1.82, 2.24) is 0 Å². The number of aliphatic hydroxyl groups excluding tert-OH is 1. The average molecular weight is 533 g/mol. The summed E-state index contributed by atoms with van der Waals surface area (Å²) in [6.07, 6.45) is 16.9. The fourth-order valence-electron chi connectivity index (χ4n) is 5.57. The van der Waals surface area contributed by atoms with E-state index in [0.29, 0.717) is 19.3 Å². The van der Waals surface area contributed by atoms with Gasteiger partial charge in [-0.2, -0.15) is 0 Å². The van der Waals surface area contributed by atoms with E-state index in [0.717, 1.165) is 64.6 Å². The molecule has 214 valence electrons. The van der Waals surface area contributed by atoms with Crippen LogP contribution in [0.1, 0.15) is 90.9 Å². The Bertz CT molecular complexity index is 801. The number of carbonyl (C=O) groups is 1. The Morgan fingerprint density at radius 3 is 2.50 bits per heavy atom. The van der Waals surface area contributed by atoms with Gasteiger partial charge in [0.25, 0.3) is 0 Å². The smallest absolute Gasteiger partial charge is 0.303 e. The van der Waals surface area contributed by atoms with Crippen molar-refractivity contribution < 1.29 is 34.0 Å². The molecule has 0 amide bonds. The molecule has 1 aliphatic carbocycles. The minimum atomic E-state index is -0.769. The maximum absolute atomic E-state index is 11.1. The normalized spacial score (nSPS) is 31.8. The van der Waals surface area contributed by atoms with Crippen LogP contribution in [0.4, 0.5) is 0 Å². The standard InChI is InChI=1S/C31H48O7/c1-3-4-13-23(2)27(37-30-16-9-11-20-35-30)19-18-25-24(14-7-5-6-8-15-29(33)34)26(32)22-28(25)38-31-17-10-12-21-36-31/h5,7,18-19,23-28,30-32H,6,8-17,20-22H2,1-2H3,(H,33,34)/t23?,24-,25-,26+,27-,28-,30?,31?/m1/s1. The van der Waals surface area contributed by atoms with Crippen molar-refractivity contribution in [3.8, 4) is 11.8 Å². The fourth-order valence-corrected chi connectivity index (χ4v) is 5.57. The van der Waals surface area contributed by atoms with Gasteiger partial charge in [-0.05, 0) is 76.5 Å². The molecule has 3 fully saturated rings. The summed E-state index contributed by atoms with van der Waals surface area (Å²) in [6, 6.07) is 0. The molecule has 2 aliphatic heterocycles. The van der Waals surface area contributed by atoms with E-state index in [-0.39, 0.29) is 49.0 Å². The molecule has 3 aliphatic rings. The first-order valence-corrected chi connectivity index (χ1v) is 14.6. The second kappa shape index (κ2) is 17.1. The molecule has 0 radical (unpaired) electrons. The van der Waals surface area contributed by atoms with Gasteiger partial charge in [-0.1, -0.05) is 31.2 Å². The molecule has 0 aromatic rings. The lowest BCUT2D eigenvalue weighted by Gasteiger charge is -2.31. The summed E-state index contributed by atoms with van der Waals surface area (Å²) in [4.78, 5) is 10.8. The van der Waals surface area contributed by atoms with Crippen molar-refractivity contribution in [2.75, 3.05) is 13.2 Å². The van der Waals surface area contributed by atoms with Gasteiger partial charge in [0, 0.05) is 38.4 Å². The van der Waals surface area contributed by atoms with Gasteiger partial charge in [0.1, 0.15) is 0 Å². The summed E-state index contributed by atoms with van der Waals surface area (Å²) in [7, 11) is 0. The molecule has 3 rings (SSSR count). The Labute approximate surface area is 228 Å². The number of carboxylic acid groups (broad SMARTS) is 1. The van der Waals surface area contributed by atoms with Crippen LogP contribution in [0.25, 0.3) is 0 Å². The van der Waals surface area contributed by atoms with E-state index in [1.54, 1.807) is 0 Å². The minimum absolute atomic E-state index is 0.00730. The van der Waals surface area contributed by atoms with Crippen LogP contribution in [0.2, 0.25) is 0 Å². The largest absolute Gasteiger partial charge is 0.481 e. The number of hydrogen-bond donors (Lipinski definition) is 2. The van der Waals surface area contributed by atoms with Crippen molar-refractivity contribution in [2.24, 2.45) is 17.8 Å². The van der Waals surface area contributed by atoms with Crippen LogP contribution in [0.5, 0.6) is 0 Å². The van der Waals surface area contributed by atoms with Gasteiger partial charge in [0.2, 0.25) is 0 Å². The molecule has 7 nitrogen and oxygen atoms in total. The van der Waals surface area contributed by atoms with Crippen molar-refractivity contribution in [3.63, 3.8) is 0 Å². The molecule has 0 aromatic carbocycles. The summed E-state index contributed by atoms with van der Waals surface area (Å²) in [6.45, 7) is 5.47. The van der Waals surface area contributed by atoms with Crippen LogP contribution in [0, 0.1) is 29.6 Å². The molecule has 2 N–H and O–H groups in total. The molecule has 1 saturated carbocycles. The van der Waals surface area contributed by atoms with Gasteiger partial charge in [-0.25, -0.2) is 0 Å². The predicted molar refractivity (Wildman–Crippen MR) is 146 cm³/mol. The molecule has 0 spiro atoms. The van der Waals surface area contributed by atoms with Gasteiger partial charge in [-0.3, -0.25) is 4.79 Å². The SMILES string of the molecule is CC#CCC(C)[C@@H](C=C[C@@H]1[C@@H](CC=CCCCC(=O)O)[C@@H](O)C[C@H]1OC1CCCCO1)OC1CCCCO1. The Morgan fingerprint density at radius 2 is 1.84 bits per heavy atom. The number of rotatable bonds is 14. The second-order valence-corrected chi connectivity index (χ2v) is 10.9. The third kappa shape index (κ3) is 10.5. The van der Waals surface area contributed by atoms with Crippen LogP contribution >= 0.6 is 0 Å². The van der Waals surface area contributed by atoms with Crippen LogP contribution in [-0.4, -0.2) is 60.3 Å². The lowest BCUT2D eigenvalue weighted by molar-refractivity contribution is -0.193. The number of aliphatic hydroxyl groups is 1. The number of allylic oxidation sites excluding steroid dienone is 2. The van der Waals surface area contributed by atoms with E-state index in [2.05, 4.69) is 37.0 Å². The van der Waals surface area contributed by atoms with Gasteiger partial charge in [0.05, 0.1) is 18.3 Å². The van der Waals surface area contributed by atoms with Gasteiger partial charge in [0.15, 0.2) is 12.6 Å². The van der Waals surface area contributed by atoms with E-state index in [4.69, 9.17) is 24.1 Å². The first-order chi connectivity index (χ1) is 18.5. The Hall–Kier alpha value is -1.69. The number of unbranched alkanes of at least 4 members (excludes halogenated alkanes) is 1. The summed E-state index contributed by atoms with van der Waals surface area (Å²) in [5.74, 6) is 5.64. The molecular weight excluding hydrogens is 484 g/mol. The van der Waals surface area contributed by atoms with Crippen molar-refractivity contribution in [3.05, 3.63) is 24.3 Å². The van der Waals surface area contributed by atoms with Crippen LogP contribution in [0.3, 0.4) is 0 Å². The minimum Gasteiger partial charge on any atom is -0.481 e. The molecule has 0 bridgehead atoms. The fraction of sp³-hybridized carbons (Fsp3) is 0.774. The second-order valence-electron chi connectivity index (χ2n) is 10.9. The third-order valence-corrected chi connectivity index (χ3v) is 7.82. The van der Waals surface area contributed by atoms with Crippen molar-refractivity contribution in [1.29, 1.82) is 0 Å². The van der Waals surface area contributed by atoms with Crippen molar-refractivity contribution >= 4 is 5.97 Å². The Morgan fingerprint density at radius 1 is 1.11 bits per heavy atom. The lowest BCUT2D eigenvalue weighted by atomic mass is 9.88. The summed E-state index contributed by atoms with van der Waals surface area (Å²) >= 11 is 0. The topological polar surface area (TPSA) is 94.5 Å². The van der Waals surface area contributed by atoms with Gasteiger partial charge >= 0.3 is 5.97 Å². The predicted octanol–water partition coefficient (Wildman–Crippen LogP) is 5.61. The van der Waals surface area contributed by atoms with E-state index in [9.17, 15) is 9.90 Å². The van der Waals surface area contributed by atoms with Gasteiger partial charge < -0.3 is 29.2 Å². The third-order valence-electron chi connectivity index (χ3n) is 7.82. The monoisotopic (exact) mass is 532 g/mol. The van der Waals surface area contributed by atoms with Crippen LogP contribution in [-0.2, 0) is 23.7 Å². The summed E-state index contributed by atoms with van der Waals surface area (Å²) in [5.41, 5.74) is 0. The van der Waals surface area contributed by atoms with E-state index in [1.807, 2.05) is 13.0 Å². The first kappa shape index (κ1) is 30.8. The molecule has 7 heteroatoms. The summed E-state index contributed by atoms with van der Waals surface area (Å²) in [5, 5.41) is 19.9. The highest BCUT2D eigenvalue weighted by Gasteiger charge is 2.42. The highest BCUT2D eigenvalue weighted by molar-refractivity contribution is 5.66. The van der Waals surface area contributed by atoms with Crippen molar-refractivity contribution in [2.45, 2.75) is 122 Å². The maximum atomic E-state index is 11.1. The lowest BCUT2D eigenvalue weighted by Crippen LogP contribution is -2.32. The number of ether oxygens (including phenoxy) is 4. The number of hydrogen-bond acceptors (Lipinski definition) is 6. The Kier molecular flexibility index (Phi) is 13.9. The number of carboxylic acids is 1. The van der Waals surface area contributed by atoms with Gasteiger partial charge in [-0.15, -0.1) is 11.8 Å². The maximum Gasteiger partial charge on any atom is 0.303 e. The molecule has 3 unspecified atom stereocenters. The van der Waals surface area contributed by atoms with Crippen LogP contribution in [0.15, 0.2) is 24.3 Å². The molecule has 38 heavy (non-hydrogen) atoms. The molecule has 0 aromatic heterocycles. The quantitative estimate of drug-likeness (QED) is 0.170. The van der Waals surface area contributed by atoms with E-state index in [1.165, 1.54) is 0 Å². The van der Waals surface area contributed by atoms with Crippen LogP contribution < -0.4 is 0 Å². The van der Waals surface area contributed by atoms with E-state index < -0.39 is 12.1 Å². The van der Waals surface area contributed by atoms with E-state index >= 15 is 0 Å². The average Bonchev–Trinajstić information content (AvgIpc) is 3.21. The zero-order valence-corrected chi connectivity index (χ0v) is 23.3. The highest BCUT2D eigenvalue weighted by Crippen LogP contribution is 2.40. The molecule has 2 heterocycles.